The number of ether oxygens (including phenoxy) is 1. The monoisotopic (exact) mass is 362 g/mol. The molecule has 0 radical (unpaired) electrons. The van der Waals surface area contributed by atoms with Crippen LogP contribution >= 0.6 is 0 Å². The molecule has 4 nitrogen and oxygen atoms in total. The molecule has 0 fully saturated rings. The van der Waals surface area contributed by atoms with E-state index in [1.54, 1.807) is 0 Å². The number of benzene rings is 2. The summed E-state index contributed by atoms with van der Waals surface area (Å²) >= 11 is 0. The van der Waals surface area contributed by atoms with Crippen molar-refractivity contribution in [3.63, 3.8) is 0 Å². The highest BCUT2D eigenvalue weighted by molar-refractivity contribution is 5.53. The molecule has 0 unspecified atom stereocenters. The minimum absolute atomic E-state index is 0.105. The number of halogens is 3. The highest BCUT2D eigenvalue weighted by Crippen LogP contribution is 2.30. The van der Waals surface area contributed by atoms with Crippen LogP contribution in [0.3, 0.4) is 0 Å². The van der Waals surface area contributed by atoms with E-state index in [-0.39, 0.29) is 12.5 Å². The van der Waals surface area contributed by atoms with Crippen LogP contribution in [0, 0.1) is 20.8 Å². The van der Waals surface area contributed by atoms with Crippen molar-refractivity contribution in [2.45, 2.75) is 33.6 Å². The second-order valence-electron chi connectivity index (χ2n) is 6.08. The van der Waals surface area contributed by atoms with Gasteiger partial charge in [0, 0.05) is 5.56 Å². The van der Waals surface area contributed by atoms with Crippen molar-refractivity contribution in [3.8, 4) is 17.2 Å². The first-order chi connectivity index (χ1) is 12.2. The molecule has 0 amide bonds. The van der Waals surface area contributed by atoms with Crippen LogP contribution in [0.4, 0.5) is 13.2 Å². The number of hydrogen-bond acceptors (Lipinski definition) is 4. The predicted molar refractivity (Wildman–Crippen MR) is 89.7 cm³/mol. The Kier molecular flexibility index (Phi) is 4.71. The second-order valence-corrected chi connectivity index (χ2v) is 6.08. The molecule has 0 N–H and O–H groups in total. The predicted octanol–water partition coefficient (Wildman–Crippen LogP) is 5.26. The largest absolute Gasteiger partial charge is 0.485 e. The summed E-state index contributed by atoms with van der Waals surface area (Å²) < 4.78 is 48.7. The molecule has 2 aromatic carbocycles. The lowest BCUT2D eigenvalue weighted by atomic mass is 10.1. The lowest BCUT2D eigenvalue weighted by molar-refractivity contribution is -0.137. The van der Waals surface area contributed by atoms with Crippen molar-refractivity contribution < 1.29 is 22.4 Å². The van der Waals surface area contributed by atoms with Crippen molar-refractivity contribution in [2.24, 2.45) is 0 Å². The number of aromatic nitrogens is 2. The van der Waals surface area contributed by atoms with Gasteiger partial charge in [-0.25, -0.2) is 0 Å². The van der Waals surface area contributed by atoms with E-state index in [9.17, 15) is 13.2 Å². The molecule has 0 bridgehead atoms. The van der Waals surface area contributed by atoms with Crippen LogP contribution in [0.2, 0.25) is 0 Å². The van der Waals surface area contributed by atoms with E-state index in [2.05, 4.69) is 16.2 Å². The van der Waals surface area contributed by atoms with Gasteiger partial charge >= 0.3 is 6.18 Å². The molecular formula is C19H17F3N2O2. The summed E-state index contributed by atoms with van der Waals surface area (Å²) in [5.41, 5.74) is 2.93. The van der Waals surface area contributed by atoms with E-state index in [0.717, 1.165) is 34.6 Å². The molecule has 0 atom stereocenters. The van der Waals surface area contributed by atoms with Crippen molar-refractivity contribution in [3.05, 3.63) is 64.5 Å². The van der Waals surface area contributed by atoms with Crippen molar-refractivity contribution in [1.82, 2.24) is 10.1 Å². The Hall–Kier alpha value is -2.83. The number of hydrogen-bond donors (Lipinski definition) is 0. The van der Waals surface area contributed by atoms with E-state index in [0.29, 0.717) is 11.4 Å². The maximum atomic E-state index is 12.6. The third kappa shape index (κ3) is 3.87. The average Bonchev–Trinajstić information content (AvgIpc) is 3.05. The van der Waals surface area contributed by atoms with Crippen molar-refractivity contribution in [2.75, 3.05) is 0 Å². The normalized spacial score (nSPS) is 11.6. The SMILES string of the molecule is Cc1cc(C)c(C)c(OCc2noc(-c3ccc(C(F)(F)F)cc3)n2)c1. The van der Waals surface area contributed by atoms with Gasteiger partial charge in [-0.1, -0.05) is 11.2 Å². The Bertz CT molecular complexity index is 916. The van der Waals surface area contributed by atoms with Gasteiger partial charge in [-0.3, -0.25) is 0 Å². The molecular weight excluding hydrogens is 345 g/mol. The minimum Gasteiger partial charge on any atom is -0.485 e. The molecule has 1 heterocycles. The molecule has 0 aliphatic carbocycles. The van der Waals surface area contributed by atoms with E-state index in [1.807, 2.05) is 26.8 Å². The van der Waals surface area contributed by atoms with Gasteiger partial charge in [0.1, 0.15) is 5.75 Å². The maximum Gasteiger partial charge on any atom is 0.416 e. The molecule has 3 rings (SSSR count). The van der Waals surface area contributed by atoms with Crippen LogP contribution in [0.5, 0.6) is 5.75 Å². The van der Waals surface area contributed by atoms with Gasteiger partial charge in [-0.15, -0.1) is 0 Å². The quantitative estimate of drug-likeness (QED) is 0.635. The first-order valence-electron chi connectivity index (χ1n) is 7.95. The summed E-state index contributed by atoms with van der Waals surface area (Å²) in [6.07, 6.45) is -4.38. The van der Waals surface area contributed by atoms with Gasteiger partial charge in [0.2, 0.25) is 5.82 Å². The molecule has 0 saturated carbocycles. The van der Waals surface area contributed by atoms with E-state index >= 15 is 0 Å². The first-order valence-corrected chi connectivity index (χ1v) is 7.95. The lowest BCUT2D eigenvalue weighted by Crippen LogP contribution is -2.04. The Morgan fingerprint density at radius 2 is 1.73 bits per heavy atom. The zero-order valence-corrected chi connectivity index (χ0v) is 14.5. The summed E-state index contributed by atoms with van der Waals surface area (Å²) in [4.78, 5) is 4.18. The summed E-state index contributed by atoms with van der Waals surface area (Å²) in [5.74, 6) is 1.20. The van der Waals surface area contributed by atoms with Crippen LogP contribution in [0.15, 0.2) is 40.9 Å². The number of aryl methyl sites for hydroxylation is 2. The zero-order chi connectivity index (χ0) is 18.9. The second kappa shape index (κ2) is 6.82. The molecule has 0 saturated heterocycles. The Labute approximate surface area is 148 Å². The summed E-state index contributed by atoms with van der Waals surface area (Å²) in [5, 5.41) is 3.82. The van der Waals surface area contributed by atoms with Crippen molar-refractivity contribution in [1.29, 1.82) is 0 Å². The Morgan fingerprint density at radius 3 is 2.38 bits per heavy atom. The highest BCUT2D eigenvalue weighted by Gasteiger charge is 2.30. The fourth-order valence-electron chi connectivity index (χ4n) is 2.52. The molecule has 26 heavy (non-hydrogen) atoms. The summed E-state index contributed by atoms with van der Waals surface area (Å²) in [7, 11) is 0. The molecule has 3 aromatic rings. The first kappa shape index (κ1) is 18.0. The van der Waals surface area contributed by atoms with Gasteiger partial charge in [0.25, 0.3) is 5.89 Å². The smallest absolute Gasteiger partial charge is 0.416 e. The molecule has 136 valence electrons. The fraction of sp³-hybridized carbons (Fsp3) is 0.263. The third-order valence-corrected chi connectivity index (χ3v) is 4.05. The summed E-state index contributed by atoms with van der Waals surface area (Å²) in [6, 6.07) is 8.56. The number of rotatable bonds is 4. The van der Waals surface area contributed by atoms with E-state index in [1.165, 1.54) is 12.1 Å². The number of nitrogens with zero attached hydrogens (tertiary/aromatic N) is 2. The van der Waals surface area contributed by atoms with Gasteiger partial charge in [0.15, 0.2) is 6.61 Å². The van der Waals surface area contributed by atoms with Crippen LogP contribution < -0.4 is 4.74 Å². The summed E-state index contributed by atoms with van der Waals surface area (Å²) in [6.45, 7) is 6.06. The van der Waals surface area contributed by atoms with Gasteiger partial charge < -0.3 is 9.26 Å². The molecule has 0 aliphatic rings. The topological polar surface area (TPSA) is 48.2 Å². The van der Waals surface area contributed by atoms with Crippen LogP contribution in [0.25, 0.3) is 11.5 Å². The van der Waals surface area contributed by atoms with Crippen LogP contribution in [-0.2, 0) is 12.8 Å². The average molecular weight is 362 g/mol. The molecule has 0 aliphatic heterocycles. The molecule has 0 spiro atoms. The third-order valence-electron chi connectivity index (χ3n) is 4.05. The lowest BCUT2D eigenvalue weighted by Gasteiger charge is -2.10. The van der Waals surface area contributed by atoms with E-state index < -0.39 is 11.7 Å². The van der Waals surface area contributed by atoms with Crippen LogP contribution in [-0.4, -0.2) is 10.1 Å². The number of alkyl halides is 3. The highest BCUT2D eigenvalue weighted by atomic mass is 19.4. The van der Waals surface area contributed by atoms with Crippen LogP contribution in [0.1, 0.15) is 28.1 Å². The van der Waals surface area contributed by atoms with Gasteiger partial charge in [0.05, 0.1) is 5.56 Å². The maximum absolute atomic E-state index is 12.6. The standard InChI is InChI=1S/C19H17F3N2O2/c1-11-8-12(2)13(3)16(9-11)25-10-17-23-18(26-24-17)14-4-6-15(7-5-14)19(20,21)22/h4-9H,10H2,1-3H3. The Morgan fingerprint density at radius 1 is 1.04 bits per heavy atom. The van der Waals surface area contributed by atoms with Gasteiger partial charge in [-0.05, 0) is 67.8 Å². The fourth-order valence-corrected chi connectivity index (χ4v) is 2.52. The van der Waals surface area contributed by atoms with E-state index in [4.69, 9.17) is 9.26 Å². The Balaban J connectivity index is 1.72. The van der Waals surface area contributed by atoms with Crippen molar-refractivity contribution >= 4 is 0 Å². The zero-order valence-electron chi connectivity index (χ0n) is 14.5. The molecule has 7 heteroatoms. The minimum atomic E-state index is -4.38. The van der Waals surface area contributed by atoms with Gasteiger partial charge in [-0.2, -0.15) is 18.2 Å². The molecule has 1 aromatic heterocycles.